The molecule has 0 radical (unpaired) electrons. The lowest BCUT2D eigenvalue weighted by Gasteiger charge is -2.17. The van der Waals surface area contributed by atoms with E-state index in [1.807, 2.05) is 12.1 Å². The van der Waals surface area contributed by atoms with Gasteiger partial charge in [-0.15, -0.1) is 0 Å². The van der Waals surface area contributed by atoms with Gasteiger partial charge in [0, 0.05) is 35.5 Å². The third-order valence-electron chi connectivity index (χ3n) is 4.94. The molecule has 2 amide bonds. The Morgan fingerprint density at radius 3 is 2.28 bits per heavy atom. The van der Waals surface area contributed by atoms with Crippen LogP contribution in [0.4, 0.5) is 11.4 Å². The molecule has 3 aromatic rings. The molecule has 0 aromatic heterocycles. The second-order valence-corrected chi connectivity index (χ2v) is 6.89. The summed E-state index contributed by atoms with van der Waals surface area (Å²) in [7, 11) is 0. The summed E-state index contributed by atoms with van der Waals surface area (Å²) >= 11 is 0. The average molecular weight is 384 g/mol. The van der Waals surface area contributed by atoms with Gasteiger partial charge in [0.05, 0.1) is 5.56 Å². The van der Waals surface area contributed by atoms with Crippen LogP contribution in [0.2, 0.25) is 0 Å². The first-order chi connectivity index (χ1) is 14.1. The van der Waals surface area contributed by atoms with Crippen LogP contribution < -0.4 is 10.2 Å². The van der Waals surface area contributed by atoms with Gasteiger partial charge >= 0.3 is 0 Å². The van der Waals surface area contributed by atoms with E-state index in [2.05, 4.69) is 5.32 Å². The van der Waals surface area contributed by atoms with Gasteiger partial charge in [-0.2, -0.15) is 0 Å². The van der Waals surface area contributed by atoms with Gasteiger partial charge in [0.25, 0.3) is 5.91 Å². The molecule has 1 fully saturated rings. The zero-order valence-electron chi connectivity index (χ0n) is 15.8. The second kappa shape index (κ2) is 8.10. The predicted molar refractivity (Wildman–Crippen MR) is 112 cm³/mol. The van der Waals surface area contributed by atoms with Crippen molar-refractivity contribution in [3.05, 3.63) is 95.6 Å². The summed E-state index contributed by atoms with van der Waals surface area (Å²) in [5.41, 5.74) is 2.53. The van der Waals surface area contributed by atoms with E-state index < -0.39 is 0 Å². The summed E-state index contributed by atoms with van der Waals surface area (Å²) in [6, 6.07) is 22.9. The van der Waals surface area contributed by atoms with E-state index in [0.717, 1.165) is 12.1 Å². The van der Waals surface area contributed by atoms with Gasteiger partial charge in [0.15, 0.2) is 5.78 Å². The third kappa shape index (κ3) is 3.94. The maximum absolute atomic E-state index is 12.9. The number of carbonyl (C=O) groups excluding carboxylic acids is 3. The molecule has 5 nitrogen and oxygen atoms in total. The lowest BCUT2D eigenvalue weighted by Crippen LogP contribution is -2.24. The number of hydrogen-bond donors (Lipinski definition) is 1. The fourth-order valence-corrected chi connectivity index (χ4v) is 3.50. The highest BCUT2D eigenvalue weighted by Gasteiger charge is 2.22. The molecule has 0 unspecified atom stereocenters. The first-order valence-electron chi connectivity index (χ1n) is 9.54. The molecule has 3 aromatic carbocycles. The molecule has 0 spiro atoms. The van der Waals surface area contributed by atoms with Gasteiger partial charge in [0.2, 0.25) is 5.91 Å². The number of nitrogens with zero attached hydrogens (tertiary/aromatic N) is 1. The van der Waals surface area contributed by atoms with Crippen LogP contribution in [0, 0.1) is 0 Å². The van der Waals surface area contributed by atoms with Gasteiger partial charge < -0.3 is 10.2 Å². The Morgan fingerprint density at radius 1 is 0.828 bits per heavy atom. The van der Waals surface area contributed by atoms with E-state index in [-0.39, 0.29) is 17.6 Å². The summed E-state index contributed by atoms with van der Waals surface area (Å²) in [5, 5.41) is 2.85. The lowest BCUT2D eigenvalue weighted by molar-refractivity contribution is -0.117. The molecule has 1 heterocycles. The highest BCUT2D eigenvalue weighted by Crippen LogP contribution is 2.25. The Morgan fingerprint density at radius 2 is 1.55 bits per heavy atom. The maximum atomic E-state index is 12.9. The van der Waals surface area contributed by atoms with Crippen molar-refractivity contribution >= 4 is 29.0 Å². The minimum absolute atomic E-state index is 0.0901. The van der Waals surface area contributed by atoms with Crippen LogP contribution in [0.1, 0.15) is 39.1 Å². The standard InChI is InChI=1S/C24H20N2O3/c27-22-14-7-15-26(22)19-11-6-10-18(16-19)25-24(29)21-13-5-4-12-20(21)23(28)17-8-2-1-3-9-17/h1-6,8-13,16H,7,14-15H2,(H,25,29). The molecule has 1 N–H and O–H groups in total. The van der Waals surface area contributed by atoms with Crippen LogP contribution in [-0.2, 0) is 4.79 Å². The summed E-state index contributed by atoms with van der Waals surface area (Å²) in [6.07, 6.45) is 1.38. The van der Waals surface area contributed by atoms with Crippen molar-refractivity contribution in [3.8, 4) is 0 Å². The minimum atomic E-state index is -0.366. The van der Waals surface area contributed by atoms with E-state index >= 15 is 0 Å². The molecule has 0 saturated carbocycles. The molecule has 29 heavy (non-hydrogen) atoms. The van der Waals surface area contributed by atoms with Crippen LogP contribution in [0.3, 0.4) is 0 Å². The Kier molecular flexibility index (Phi) is 5.20. The maximum Gasteiger partial charge on any atom is 0.256 e. The fourth-order valence-electron chi connectivity index (χ4n) is 3.50. The van der Waals surface area contributed by atoms with Crippen molar-refractivity contribution in [1.82, 2.24) is 0 Å². The largest absolute Gasteiger partial charge is 0.322 e. The van der Waals surface area contributed by atoms with Crippen LogP contribution in [0.5, 0.6) is 0 Å². The Hall–Kier alpha value is -3.73. The summed E-state index contributed by atoms with van der Waals surface area (Å²) in [6.45, 7) is 0.685. The van der Waals surface area contributed by atoms with Crippen molar-refractivity contribution in [2.45, 2.75) is 12.8 Å². The number of benzene rings is 3. The molecular formula is C24H20N2O3. The van der Waals surface area contributed by atoms with Crippen LogP contribution in [0.15, 0.2) is 78.9 Å². The quantitative estimate of drug-likeness (QED) is 0.667. The number of rotatable bonds is 5. The first-order valence-corrected chi connectivity index (χ1v) is 9.54. The Labute approximate surface area is 169 Å². The topological polar surface area (TPSA) is 66.5 Å². The monoisotopic (exact) mass is 384 g/mol. The molecule has 5 heteroatoms. The molecule has 0 bridgehead atoms. The van der Waals surface area contributed by atoms with Crippen LogP contribution >= 0.6 is 0 Å². The van der Waals surface area contributed by atoms with E-state index in [1.165, 1.54) is 0 Å². The van der Waals surface area contributed by atoms with Gasteiger partial charge in [-0.1, -0.05) is 54.6 Å². The van der Waals surface area contributed by atoms with Crippen molar-refractivity contribution in [2.24, 2.45) is 0 Å². The zero-order valence-corrected chi connectivity index (χ0v) is 15.8. The van der Waals surface area contributed by atoms with Gasteiger partial charge in [-0.05, 0) is 30.7 Å². The summed E-state index contributed by atoms with van der Waals surface area (Å²) in [5.74, 6) is -0.477. The Balaban J connectivity index is 1.59. The zero-order chi connectivity index (χ0) is 20.2. The van der Waals surface area contributed by atoms with Crippen molar-refractivity contribution in [3.63, 3.8) is 0 Å². The van der Waals surface area contributed by atoms with Crippen molar-refractivity contribution < 1.29 is 14.4 Å². The van der Waals surface area contributed by atoms with Crippen molar-refractivity contribution in [2.75, 3.05) is 16.8 Å². The molecule has 0 aliphatic carbocycles. The number of hydrogen-bond acceptors (Lipinski definition) is 3. The van der Waals surface area contributed by atoms with Gasteiger partial charge in [0.1, 0.15) is 0 Å². The molecule has 1 saturated heterocycles. The van der Waals surface area contributed by atoms with E-state index in [4.69, 9.17) is 0 Å². The highest BCUT2D eigenvalue weighted by atomic mass is 16.2. The minimum Gasteiger partial charge on any atom is -0.322 e. The summed E-state index contributed by atoms with van der Waals surface area (Å²) in [4.78, 5) is 39.5. The van der Waals surface area contributed by atoms with Crippen molar-refractivity contribution in [1.29, 1.82) is 0 Å². The second-order valence-electron chi connectivity index (χ2n) is 6.89. The van der Waals surface area contributed by atoms with E-state index in [0.29, 0.717) is 35.3 Å². The normalized spacial score (nSPS) is 13.4. The smallest absolute Gasteiger partial charge is 0.256 e. The third-order valence-corrected chi connectivity index (χ3v) is 4.94. The van der Waals surface area contributed by atoms with Gasteiger partial charge in [-0.25, -0.2) is 0 Å². The van der Waals surface area contributed by atoms with E-state index in [9.17, 15) is 14.4 Å². The number of anilines is 2. The van der Waals surface area contributed by atoms with Crippen LogP contribution in [-0.4, -0.2) is 24.1 Å². The Bertz CT molecular complexity index is 1080. The number of carbonyl (C=O) groups is 3. The highest BCUT2D eigenvalue weighted by molar-refractivity contribution is 6.17. The SMILES string of the molecule is O=C(Nc1cccc(N2CCCC2=O)c1)c1ccccc1C(=O)c1ccccc1. The number of amides is 2. The molecule has 4 rings (SSSR count). The lowest BCUT2D eigenvalue weighted by atomic mass is 9.98. The predicted octanol–water partition coefficient (Wildman–Crippen LogP) is 4.30. The molecular weight excluding hydrogens is 364 g/mol. The summed E-state index contributed by atoms with van der Waals surface area (Å²) < 4.78 is 0. The van der Waals surface area contributed by atoms with Gasteiger partial charge in [-0.3, -0.25) is 14.4 Å². The van der Waals surface area contributed by atoms with Crippen LogP contribution in [0.25, 0.3) is 0 Å². The average Bonchev–Trinajstić information content (AvgIpc) is 3.20. The first kappa shape index (κ1) is 18.6. The molecule has 1 aliphatic rings. The van der Waals surface area contributed by atoms with E-state index in [1.54, 1.807) is 71.6 Å². The molecule has 144 valence electrons. The molecule has 0 atom stereocenters. The number of ketones is 1. The molecule has 1 aliphatic heterocycles. The fraction of sp³-hybridized carbons (Fsp3) is 0.125. The number of nitrogens with one attached hydrogen (secondary N) is 1.